The number of benzene rings is 3. The SMILES string of the molecule is O=C(NCc1ccccc1)[C@@]12C[C@@H]3CN(Cc4ccccc4)[C@@H]([C@@H]3C=N1)[C@@H]2Cc1ccccc1. The van der Waals surface area contributed by atoms with Crippen LogP contribution in [0, 0.1) is 17.8 Å². The van der Waals surface area contributed by atoms with Gasteiger partial charge >= 0.3 is 0 Å². The van der Waals surface area contributed by atoms with Crippen molar-refractivity contribution in [3.63, 3.8) is 0 Å². The van der Waals surface area contributed by atoms with Gasteiger partial charge in [0.25, 0.3) is 0 Å². The minimum Gasteiger partial charge on any atom is -0.350 e. The third-order valence-corrected chi connectivity index (χ3v) is 8.12. The van der Waals surface area contributed by atoms with Gasteiger partial charge in [0.2, 0.25) is 5.91 Å². The highest BCUT2D eigenvalue weighted by molar-refractivity contribution is 5.91. The Bertz CT molecular complexity index is 1160. The smallest absolute Gasteiger partial charge is 0.248 e. The van der Waals surface area contributed by atoms with Crippen LogP contribution in [0.5, 0.6) is 0 Å². The molecule has 0 aromatic heterocycles. The molecule has 0 spiro atoms. The Balaban J connectivity index is 1.32. The lowest BCUT2D eigenvalue weighted by Gasteiger charge is -2.51. The Morgan fingerprint density at radius 3 is 2.18 bits per heavy atom. The van der Waals surface area contributed by atoms with Crippen molar-refractivity contribution in [2.75, 3.05) is 6.54 Å². The molecule has 2 fully saturated rings. The van der Waals surface area contributed by atoms with Gasteiger partial charge in [0, 0.05) is 43.7 Å². The van der Waals surface area contributed by atoms with E-state index >= 15 is 0 Å². The summed E-state index contributed by atoms with van der Waals surface area (Å²) in [5, 5.41) is 3.26. The van der Waals surface area contributed by atoms with Crippen LogP contribution in [-0.2, 0) is 24.3 Å². The van der Waals surface area contributed by atoms with Gasteiger partial charge in [-0.05, 0) is 35.4 Å². The van der Waals surface area contributed by atoms with Gasteiger partial charge in [0.15, 0.2) is 0 Å². The fourth-order valence-electron chi connectivity index (χ4n) is 6.60. The van der Waals surface area contributed by atoms with Gasteiger partial charge in [-0.3, -0.25) is 14.7 Å². The molecule has 172 valence electrons. The van der Waals surface area contributed by atoms with E-state index in [1.54, 1.807) is 0 Å². The van der Waals surface area contributed by atoms with Gasteiger partial charge in [0.1, 0.15) is 5.54 Å². The van der Waals surface area contributed by atoms with Gasteiger partial charge in [0.05, 0.1) is 0 Å². The molecule has 1 N–H and O–H groups in total. The third kappa shape index (κ3) is 3.76. The Labute approximate surface area is 201 Å². The van der Waals surface area contributed by atoms with Crippen molar-refractivity contribution in [1.82, 2.24) is 10.2 Å². The second-order valence-corrected chi connectivity index (χ2v) is 10.1. The molecule has 1 saturated heterocycles. The number of hydrogen-bond donors (Lipinski definition) is 1. The summed E-state index contributed by atoms with van der Waals surface area (Å²) in [4.78, 5) is 21.6. The van der Waals surface area contributed by atoms with Crippen molar-refractivity contribution < 1.29 is 4.79 Å². The van der Waals surface area contributed by atoms with Crippen molar-refractivity contribution in [3.05, 3.63) is 108 Å². The van der Waals surface area contributed by atoms with E-state index in [2.05, 4.69) is 89.2 Å². The first kappa shape index (κ1) is 21.3. The van der Waals surface area contributed by atoms with Crippen LogP contribution in [0.4, 0.5) is 0 Å². The van der Waals surface area contributed by atoms with E-state index in [1.165, 1.54) is 11.1 Å². The van der Waals surface area contributed by atoms with Crippen molar-refractivity contribution >= 4 is 12.1 Å². The third-order valence-electron chi connectivity index (χ3n) is 8.12. The van der Waals surface area contributed by atoms with Crippen LogP contribution in [0.1, 0.15) is 23.1 Å². The zero-order chi connectivity index (χ0) is 23.0. The first-order valence-corrected chi connectivity index (χ1v) is 12.4. The normalized spacial score (nSPS) is 29.3. The minimum absolute atomic E-state index is 0.0863. The first-order valence-electron chi connectivity index (χ1n) is 12.4. The first-order chi connectivity index (χ1) is 16.7. The number of carbonyl (C=O) groups excluding carboxylic acids is 1. The fourth-order valence-corrected chi connectivity index (χ4v) is 6.60. The Morgan fingerprint density at radius 2 is 1.50 bits per heavy atom. The van der Waals surface area contributed by atoms with E-state index in [0.29, 0.717) is 24.4 Å². The standard InChI is InChI=1S/C30H31N3O/c34-29(31-18-23-12-6-2-7-13-23)30-17-25-21-33(20-24-14-8-3-9-15-24)28(26(25)19-32-30)27(30)16-22-10-4-1-5-11-22/h1-15,19,25-28H,16-18,20-21H2,(H,31,34)/t25-,26-,27+,28+,30+/m1/s1. The number of nitrogens with zero attached hydrogens (tertiary/aromatic N) is 2. The van der Waals surface area contributed by atoms with E-state index < -0.39 is 5.54 Å². The summed E-state index contributed by atoms with van der Waals surface area (Å²) in [5.74, 6) is 1.16. The number of nitrogens with one attached hydrogen (secondary N) is 1. The summed E-state index contributed by atoms with van der Waals surface area (Å²) >= 11 is 0. The van der Waals surface area contributed by atoms with Crippen LogP contribution in [0.2, 0.25) is 0 Å². The second-order valence-electron chi connectivity index (χ2n) is 10.1. The van der Waals surface area contributed by atoms with Crippen LogP contribution < -0.4 is 5.32 Å². The van der Waals surface area contributed by atoms with E-state index in [4.69, 9.17) is 4.99 Å². The van der Waals surface area contributed by atoms with Crippen molar-refractivity contribution in [3.8, 4) is 0 Å². The minimum atomic E-state index is -0.694. The lowest BCUT2D eigenvalue weighted by molar-refractivity contribution is -0.132. The molecular formula is C30H31N3O. The van der Waals surface area contributed by atoms with Crippen LogP contribution >= 0.6 is 0 Å². The highest BCUT2D eigenvalue weighted by Crippen LogP contribution is 2.54. The average Bonchev–Trinajstić information content (AvgIpc) is 3.19. The molecule has 34 heavy (non-hydrogen) atoms. The zero-order valence-electron chi connectivity index (χ0n) is 19.4. The van der Waals surface area contributed by atoms with Crippen molar-refractivity contribution in [2.45, 2.75) is 37.5 Å². The molecule has 0 unspecified atom stereocenters. The molecule has 4 nitrogen and oxygen atoms in total. The average molecular weight is 450 g/mol. The van der Waals surface area contributed by atoms with E-state index in [-0.39, 0.29) is 11.8 Å². The number of likely N-dealkylation sites (tertiary alicyclic amines) is 1. The fraction of sp³-hybridized carbons (Fsp3) is 0.333. The Morgan fingerprint density at radius 1 is 0.882 bits per heavy atom. The molecule has 7 rings (SSSR count). The molecule has 3 aromatic carbocycles. The summed E-state index contributed by atoms with van der Waals surface area (Å²) in [6, 6.07) is 31.9. The van der Waals surface area contributed by atoms with Crippen molar-refractivity contribution in [1.29, 1.82) is 0 Å². The lowest BCUT2D eigenvalue weighted by Crippen LogP contribution is -2.63. The molecule has 0 radical (unpaired) electrons. The molecule has 1 amide bonds. The second kappa shape index (κ2) is 8.84. The monoisotopic (exact) mass is 449 g/mol. The van der Waals surface area contributed by atoms with Crippen molar-refractivity contribution in [2.24, 2.45) is 22.7 Å². The van der Waals surface area contributed by atoms with E-state index in [1.807, 2.05) is 18.2 Å². The summed E-state index contributed by atoms with van der Waals surface area (Å²) in [5.41, 5.74) is 3.05. The molecule has 3 aliphatic heterocycles. The Hall–Kier alpha value is -3.24. The molecule has 1 saturated carbocycles. The molecule has 3 heterocycles. The molecule has 4 bridgehead atoms. The summed E-state index contributed by atoms with van der Waals surface area (Å²) in [7, 11) is 0. The van der Waals surface area contributed by atoms with Crippen LogP contribution in [-0.4, -0.2) is 35.1 Å². The van der Waals surface area contributed by atoms with E-state index in [9.17, 15) is 4.79 Å². The van der Waals surface area contributed by atoms with Gasteiger partial charge in [-0.25, -0.2) is 0 Å². The molecule has 1 aliphatic carbocycles. The predicted octanol–water partition coefficient (Wildman–Crippen LogP) is 4.51. The lowest BCUT2D eigenvalue weighted by atomic mass is 9.59. The molecule has 5 atom stereocenters. The van der Waals surface area contributed by atoms with Gasteiger partial charge in [-0.1, -0.05) is 91.0 Å². The van der Waals surface area contributed by atoms with Gasteiger partial charge in [-0.15, -0.1) is 0 Å². The molecule has 3 aromatic rings. The van der Waals surface area contributed by atoms with Gasteiger partial charge < -0.3 is 5.32 Å². The number of hydrogen-bond acceptors (Lipinski definition) is 3. The molecular weight excluding hydrogens is 418 g/mol. The number of amides is 1. The van der Waals surface area contributed by atoms with Crippen LogP contribution in [0.25, 0.3) is 0 Å². The summed E-state index contributed by atoms with van der Waals surface area (Å²) in [6.07, 6.45) is 3.84. The summed E-state index contributed by atoms with van der Waals surface area (Å²) in [6.45, 7) is 2.51. The van der Waals surface area contributed by atoms with Gasteiger partial charge in [-0.2, -0.15) is 0 Å². The van der Waals surface area contributed by atoms with Crippen LogP contribution in [0.3, 0.4) is 0 Å². The van der Waals surface area contributed by atoms with E-state index in [0.717, 1.165) is 31.5 Å². The maximum atomic E-state index is 13.9. The molecule has 4 aliphatic rings. The Kier molecular flexibility index (Phi) is 5.54. The highest BCUT2D eigenvalue weighted by atomic mass is 16.2. The largest absolute Gasteiger partial charge is 0.350 e. The zero-order valence-corrected chi connectivity index (χ0v) is 19.4. The number of carbonyl (C=O) groups is 1. The topological polar surface area (TPSA) is 44.7 Å². The summed E-state index contributed by atoms with van der Waals surface area (Å²) < 4.78 is 0. The molecule has 4 heteroatoms. The highest BCUT2D eigenvalue weighted by Gasteiger charge is 2.63. The number of aliphatic imine (C=N–C) groups is 1. The quantitative estimate of drug-likeness (QED) is 0.577. The predicted molar refractivity (Wildman–Crippen MR) is 135 cm³/mol. The maximum absolute atomic E-state index is 13.9. The maximum Gasteiger partial charge on any atom is 0.248 e. The number of rotatable bonds is 7. The van der Waals surface area contributed by atoms with Crippen LogP contribution in [0.15, 0.2) is 96.0 Å².